The topological polar surface area (TPSA) is 98.7 Å². The minimum Gasteiger partial charge on any atom is -0.393 e. The van der Waals surface area contributed by atoms with Crippen LogP contribution in [0.15, 0.2) is 72.9 Å². The molecule has 4 rings (SSSR count). The molecule has 0 aromatic heterocycles. The van der Waals surface area contributed by atoms with Gasteiger partial charge in [0, 0.05) is 25.9 Å². The fraction of sp³-hybridized carbons (Fsp3) is 0.708. The van der Waals surface area contributed by atoms with Crippen LogP contribution < -0.4 is 10.6 Å². The Bertz CT molecular complexity index is 1330. The van der Waals surface area contributed by atoms with Crippen LogP contribution in [0.5, 0.6) is 0 Å². The van der Waals surface area contributed by atoms with Crippen molar-refractivity contribution in [3.8, 4) is 0 Å². The van der Waals surface area contributed by atoms with Crippen LogP contribution >= 0.6 is 0 Å². The number of carbonyl (C=O) groups is 2. The van der Waals surface area contributed by atoms with E-state index in [0.717, 1.165) is 70.6 Å². The summed E-state index contributed by atoms with van der Waals surface area (Å²) < 4.78 is 0. The summed E-state index contributed by atoms with van der Waals surface area (Å²) in [5, 5.41) is 27.9. The van der Waals surface area contributed by atoms with Crippen molar-refractivity contribution in [2.45, 2.75) is 155 Å². The monoisotopic (exact) mass is 745 g/mol. The Morgan fingerprint density at radius 2 is 1.19 bits per heavy atom. The number of nitrogens with one attached hydrogen (secondary N) is 2. The zero-order valence-corrected chi connectivity index (χ0v) is 34.4. The second-order valence-corrected chi connectivity index (χ2v) is 17.6. The Kier molecular flexibility index (Phi) is 18.5. The van der Waals surface area contributed by atoms with E-state index in [1.165, 1.54) is 25.7 Å². The van der Waals surface area contributed by atoms with Gasteiger partial charge in [-0.3, -0.25) is 9.59 Å². The van der Waals surface area contributed by atoms with E-state index in [-0.39, 0.29) is 34.9 Å². The van der Waals surface area contributed by atoms with Gasteiger partial charge in [0.25, 0.3) is 0 Å². The summed E-state index contributed by atoms with van der Waals surface area (Å²) >= 11 is 0. The number of amides is 2. The molecule has 0 heterocycles. The maximum absolute atomic E-state index is 12.8. The quantitative estimate of drug-likeness (QED) is 0.0695. The fourth-order valence-electron chi connectivity index (χ4n) is 11.2. The van der Waals surface area contributed by atoms with Crippen LogP contribution in [0.1, 0.15) is 143 Å². The molecule has 0 spiro atoms. The number of hydrogen-bond acceptors (Lipinski definition) is 4. The van der Waals surface area contributed by atoms with Gasteiger partial charge in [-0.25, -0.2) is 0 Å². The molecule has 0 radical (unpaired) electrons. The third-order valence-corrected chi connectivity index (χ3v) is 14.1. The summed E-state index contributed by atoms with van der Waals surface area (Å²) in [5.41, 5.74) is 0.477. The molecule has 4 fully saturated rings. The van der Waals surface area contributed by atoms with Gasteiger partial charge < -0.3 is 20.8 Å². The minimum atomic E-state index is -0.250. The first-order chi connectivity index (χ1) is 26.1. The molecule has 4 saturated carbocycles. The normalized spacial score (nSPS) is 33.3. The number of carbonyl (C=O) groups excluding carboxylic acids is 2. The molecule has 6 heteroatoms. The van der Waals surface area contributed by atoms with Crippen LogP contribution in [0.25, 0.3) is 0 Å². The number of rotatable bonds is 21. The lowest BCUT2D eigenvalue weighted by molar-refractivity contribution is -0.174. The van der Waals surface area contributed by atoms with E-state index >= 15 is 0 Å². The minimum absolute atomic E-state index is 0.0184. The third kappa shape index (κ3) is 12.7. The molecule has 1 unspecified atom stereocenters. The van der Waals surface area contributed by atoms with Gasteiger partial charge in [0.15, 0.2) is 0 Å². The standard InChI is InChI=1S/C48H76N2O4/c1-5-6-7-8-9-10-11-12-13-14-15-16-17-18-19-20-21-22-23-24-44(53)49-33-34-50-45(54)28-25-37(2)40-26-27-41-46-42(30-32-48(40,41)4)47(3)31-29-39(51)35-38(47)36-43(46)52/h6-7,9-10,12-13,15-16,18-19,21-22,37-43,46,51-52H,5,8,11,14,17,20,23-36H2,1-4H3,(H,49,53)(H,50,54)/b7-6-,10-9-,13-12-,16-15-,19-18-,22-21-/t37-,38+,39-,40?,41+,42+,43-,46+,47+,48-/m1/s1. The van der Waals surface area contributed by atoms with Crippen molar-refractivity contribution < 1.29 is 19.8 Å². The average molecular weight is 745 g/mol. The molecule has 0 saturated heterocycles. The zero-order chi connectivity index (χ0) is 38.8. The van der Waals surface area contributed by atoms with E-state index in [1.807, 2.05) is 0 Å². The Balaban J connectivity index is 1.02. The third-order valence-electron chi connectivity index (χ3n) is 14.1. The molecule has 54 heavy (non-hydrogen) atoms. The van der Waals surface area contributed by atoms with E-state index in [4.69, 9.17) is 0 Å². The first-order valence-corrected chi connectivity index (χ1v) is 21.9. The predicted octanol–water partition coefficient (Wildman–Crippen LogP) is 10.1. The predicted molar refractivity (Wildman–Crippen MR) is 224 cm³/mol. The van der Waals surface area contributed by atoms with Crippen molar-refractivity contribution in [1.82, 2.24) is 10.6 Å². The molecule has 0 aromatic rings. The van der Waals surface area contributed by atoms with Gasteiger partial charge in [0.2, 0.25) is 11.8 Å². The highest BCUT2D eigenvalue weighted by Crippen LogP contribution is 2.68. The van der Waals surface area contributed by atoms with E-state index in [2.05, 4.69) is 111 Å². The molecule has 0 aliphatic heterocycles. The lowest BCUT2D eigenvalue weighted by Crippen LogP contribution is -2.58. The van der Waals surface area contributed by atoms with Gasteiger partial charge in [0.05, 0.1) is 12.2 Å². The van der Waals surface area contributed by atoms with Crippen molar-refractivity contribution >= 4 is 11.8 Å². The number of aliphatic hydroxyl groups is 2. The summed E-state index contributed by atoms with van der Waals surface area (Å²) in [6, 6.07) is 0. The molecular formula is C48H76N2O4. The van der Waals surface area contributed by atoms with Crippen LogP contribution in [0.2, 0.25) is 0 Å². The molecule has 4 aliphatic carbocycles. The highest BCUT2D eigenvalue weighted by atomic mass is 16.3. The molecule has 0 aromatic carbocycles. The highest BCUT2D eigenvalue weighted by Gasteiger charge is 2.62. The smallest absolute Gasteiger partial charge is 0.220 e. The van der Waals surface area contributed by atoms with E-state index in [0.29, 0.717) is 67.9 Å². The first kappa shape index (κ1) is 44.0. The maximum Gasteiger partial charge on any atom is 0.220 e. The molecule has 302 valence electrons. The maximum atomic E-state index is 12.8. The second-order valence-electron chi connectivity index (χ2n) is 17.6. The first-order valence-electron chi connectivity index (χ1n) is 21.9. The largest absolute Gasteiger partial charge is 0.393 e. The molecule has 2 amide bonds. The van der Waals surface area contributed by atoms with Gasteiger partial charge in [-0.2, -0.15) is 0 Å². The Labute approximate surface area is 329 Å². The van der Waals surface area contributed by atoms with Crippen LogP contribution in [-0.4, -0.2) is 47.3 Å². The molecule has 6 nitrogen and oxygen atoms in total. The van der Waals surface area contributed by atoms with Crippen LogP contribution in [0.4, 0.5) is 0 Å². The number of aliphatic hydroxyl groups excluding tert-OH is 2. The lowest BCUT2D eigenvalue weighted by Gasteiger charge is -2.62. The van der Waals surface area contributed by atoms with Gasteiger partial charge in [-0.05, 0) is 149 Å². The SMILES string of the molecule is CC/C=C\C/C=C\C/C=C\C/C=C\C/C=C\C/C=C\CCC(=O)NCCNC(=O)CC[C@@H](C)C1CC[C@H]2[C@@H]3[C@H](O)C[C@@H]4C[C@H](O)CC[C@]4(C)[C@H]3CC[C@]12C. The van der Waals surface area contributed by atoms with Crippen molar-refractivity contribution in [2.24, 2.45) is 46.3 Å². The van der Waals surface area contributed by atoms with Gasteiger partial charge in [-0.1, -0.05) is 101 Å². The van der Waals surface area contributed by atoms with Gasteiger partial charge >= 0.3 is 0 Å². The van der Waals surface area contributed by atoms with E-state index < -0.39 is 0 Å². The van der Waals surface area contributed by atoms with Crippen molar-refractivity contribution in [2.75, 3.05) is 13.1 Å². The van der Waals surface area contributed by atoms with E-state index in [1.54, 1.807) is 0 Å². The molecule has 10 atom stereocenters. The molecular weight excluding hydrogens is 669 g/mol. The van der Waals surface area contributed by atoms with Crippen LogP contribution in [0, 0.1) is 46.3 Å². The Hall–Kier alpha value is -2.70. The van der Waals surface area contributed by atoms with Crippen molar-refractivity contribution in [3.05, 3.63) is 72.9 Å². The Morgan fingerprint density at radius 1 is 0.667 bits per heavy atom. The second kappa shape index (κ2) is 22.8. The van der Waals surface area contributed by atoms with Crippen LogP contribution in [-0.2, 0) is 9.59 Å². The van der Waals surface area contributed by atoms with Crippen molar-refractivity contribution in [3.63, 3.8) is 0 Å². The molecule has 4 N–H and O–H groups in total. The number of fused-ring (bicyclic) bond motifs is 5. The van der Waals surface area contributed by atoms with Gasteiger partial charge in [0.1, 0.15) is 0 Å². The summed E-state index contributed by atoms with van der Waals surface area (Å²) in [7, 11) is 0. The van der Waals surface area contributed by atoms with E-state index in [9.17, 15) is 19.8 Å². The number of allylic oxidation sites excluding steroid dienone is 12. The zero-order valence-electron chi connectivity index (χ0n) is 34.4. The highest BCUT2D eigenvalue weighted by molar-refractivity contribution is 5.77. The lowest BCUT2D eigenvalue weighted by atomic mass is 9.43. The molecule has 4 aliphatic rings. The summed E-state index contributed by atoms with van der Waals surface area (Å²) in [4.78, 5) is 25.0. The summed E-state index contributed by atoms with van der Waals surface area (Å²) in [6.45, 7) is 10.4. The fourth-order valence-corrected chi connectivity index (χ4v) is 11.2. The average Bonchev–Trinajstić information content (AvgIpc) is 3.51. The summed E-state index contributed by atoms with van der Waals surface area (Å²) in [5.74, 6) is 3.07. The van der Waals surface area contributed by atoms with Crippen LogP contribution in [0.3, 0.4) is 0 Å². The van der Waals surface area contributed by atoms with Crippen molar-refractivity contribution in [1.29, 1.82) is 0 Å². The number of hydrogen-bond donors (Lipinski definition) is 4. The summed E-state index contributed by atoms with van der Waals surface area (Å²) in [6.07, 6.45) is 42.7. The Morgan fingerprint density at radius 3 is 1.78 bits per heavy atom. The van der Waals surface area contributed by atoms with Gasteiger partial charge in [-0.15, -0.1) is 0 Å². The molecule has 0 bridgehead atoms.